The predicted octanol–water partition coefficient (Wildman–Crippen LogP) is 3.34. The first-order chi connectivity index (χ1) is 12.1. The van der Waals surface area contributed by atoms with Crippen molar-refractivity contribution in [3.8, 4) is 11.3 Å². The van der Waals surface area contributed by atoms with Crippen LogP contribution < -0.4 is 10.5 Å². The van der Waals surface area contributed by atoms with E-state index in [1.807, 2.05) is 24.8 Å². The molecule has 0 atom stereocenters. The molecule has 128 valence electrons. The third-order valence-corrected chi connectivity index (χ3v) is 4.26. The lowest BCUT2D eigenvalue weighted by Gasteiger charge is -2.21. The molecule has 0 bridgehead atoms. The Morgan fingerprint density at radius 1 is 1.12 bits per heavy atom. The number of nitrogens with one attached hydrogen (secondary N) is 1. The van der Waals surface area contributed by atoms with Gasteiger partial charge in [0.15, 0.2) is 0 Å². The molecule has 0 fully saturated rings. The molecule has 0 aliphatic heterocycles. The number of benzene rings is 2. The minimum Gasteiger partial charge on any atom is -0.372 e. The Labute approximate surface area is 144 Å². The molecule has 0 unspecified atom stereocenters. The van der Waals surface area contributed by atoms with Gasteiger partial charge in [0.1, 0.15) is 5.69 Å². The van der Waals surface area contributed by atoms with Crippen molar-refractivity contribution in [1.29, 1.82) is 0 Å². The molecular formula is C18H18N4O3. The number of H-pyrrole nitrogens is 1. The summed E-state index contributed by atoms with van der Waals surface area (Å²) in [6.07, 6.45) is 0. The second-order valence-electron chi connectivity index (χ2n) is 5.58. The fourth-order valence-corrected chi connectivity index (χ4v) is 2.98. The van der Waals surface area contributed by atoms with Crippen LogP contribution in [0.25, 0.3) is 22.0 Å². The number of nitrogens with zero attached hydrogens (tertiary/aromatic N) is 3. The molecule has 2 aromatic carbocycles. The maximum absolute atomic E-state index is 11.9. The summed E-state index contributed by atoms with van der Waals surface area (Å²) in [5.74, 6) is 0. The number of nitro benzene ring substituents is 1. The van der Waals surface area contributed by atoms with Crippen LogP contribution in [-0.2, 0) is 0 Å². The van der Waals surface area contributed by atoms with Crippen LogP contribution >= 0.6 is 0 Å². The Morgan fingerprint density at radius 3 is 2.44 bits per heavy atom. The summed E-state index contributed by atoms with van der Waals surface area (Å²) in [6.45, 7) is 5.51. The fourth-order valence-electron chi connectivity index (χ4n) is 2.98. The fraction of sp³-hybridized carbons (Fsp3) is 0.222. The second kappa shape index (κ2) is 6.72. The van der Waals surface area contributed by atoms with Gasteiger partial charge in [-0.2, -0.15) is 5.10 Å². The van der Waals surface area contributed by atoms with Crippen molar-refractivity contribution in [1.82, 2.24) is 10.2 Å². The van der Waals surface area contributed by atoms with Gasteiger partial charge in [0.2, 0.25) is 0 Å². The molecule has 25 heavy (non-hydrogen) atoms. The molecule has 7 heteroatoms. The molecule has 3 rings (SSSR count). The molecule has 0 amide bonds. The van der Waals surface area contributed by atoms with Crippen LogP contribution in [-0.4, -0.2) is 28.2 Å². The standard InChI is InChI=1S/C18H18N4O3/c1-3-21(4-2)12-9-10-15(16(11-12)22(24)25)17-13-7-5-6-8-14(13)18(23)20-19-17/h5-11H,3-4H2,1-2H3,(H,20,23). The number of aromatic amines is 1. The number of hydrogen-bond donors (Lipinski definition) is 1. The third kappa shape index (κ3) is 2.96. The highest BCUT2D eigenvalue weighted by Gasteiger charge is 2.21. The van der Waals surface area contributed by atoms with E-state index in [2.05, 4.69) is 10.2 Å². The Bertz CT molecular complexity index is 993. The van der Waals surface area contributed by atoms with Crippen molar-refractivity contribution in [3.63, 3.8) is 0 Å². The third-order valence-electron chi connectivity index (χ3n) is 4.26. The molecule has 0 aliphatic rings. The van der Waals surface area contributed by atoms with Crippen LogP contribution in [0.2, 0.25) is 0 Å². The van der Waals surface area contributed by atoms with Crippen LogP contribution in [0.15, 0.2) is 47.3 Å². The Morgan fingerprint density at radius 2 is 1.80 bits per heavy atom. The van der Waals surface area contributed by atoms with E-state index in [1.54, 1.807) is 36.4 Å². The van der Waals surface area contributed by atoms with Gasteiger partial charge in [-0.05, 0) is 32.0 Å². The zero-order chi connectivity index (χ0) is 18.0. The molecule has 3 aromatic rings. The van der Waals surface area contributed by atoms with E-state index in [4.69, 9.17) is 0 Å². The van der Waals surface area contributed by atoms with Gasteiger partial charge in [-0.15, -0.1) is 0 Å². The van der Waals surface area contributed by atoms with E-state index in [0.29, 0.717) is 22.0 Å². The smallest absolute Gasteiger partial charge is 0.280 e. The lowest BCUT2D eigenvalue weighted by molar-refractivity contribution is -0.384. The average molecular weight is 338 g/mol. The zero-order valence-electron chi connectivity index (χ0n) is 14.0. The lowest BCUT2D eigenvalue weighted by Crippen LogP contribution is -2.21. The maximum atomic E-state index is 11.9. The van der Waals surface area contributed by atoms with Crippen molar-refractivity contribution in [2.45, 2.75) is 13.8 Å². The summed E-state index contributed by atoms with van der Waals surface area (Å²) in [6, 6.07) is 12.0. The minimum atomic E-state index is -0.413. The topological polar surface area (TPSA) is 92.1 Å². The highest BCUT2D eigenvalue weighted by atomic mass is 16.6. The molecule has 0 radical (unpaired) electrons. The van der Waals surface area contributed by atoms with E-state index in [0.717, 1.165) is 18.8 Å². The van der Waals surface area contributed by atoms with Gasteiger partial charge >= 0.3 is 0 Å². The van der Waals surface area contributed by atoms with Gasteiger partial charge in [-0.1, -0.05) is 18.2 Å². The van der Waals surface area contributed by atoms with Crippen molar-refractivity contribution < 1.29 is 4.92 Å². The van der Waals surface area contributed by atoms with Crippen LogP contribution in [0.1, 0.15) is 13.8 Å². The molecule has 1 aromatic heterocycles. The van der Waals surface area contributed by atoms with Crippen LogP contribution in [0.4, 0.5) is 11.4 Å². The van der Waals surface area contributed by atoms with Crippen LogP contribution in [0.5, 0.6) is 0 Å². The van der Waals surface area contributed by atoms with Gasteiger partial charge < -0.3 is 4.90 Å². The van der Waals surface area contributed by atoms with Crippen molar-refractivity contribution in [2.24, 2.45) is 0 Å². The molecule has 0 saturated heterocycles. The lowest BCUT2D eigenvalue weighted by atomic mass is 10.0. The van der Waals surface area contributed by atoms with Gasteiger partial charge in [0, 0.05) is 30.2 Å². The summed E-state index contributed by atoms with van der Waals surface area (Å²) >= 11 is 0. The first kappa shape index (κ1) is 16.6. The molecule has 1 heterocycles. The highest BCUT2D eigenvalue weighted by Crippen LogP contribution is 2.35. The van der Waals surface area contributed by atoms with Gasteiger partial charge in [-0.3, -0.25) is 14.9 Å². The highest BCUT2D eigenvalue weighted by molar-refractivity contribution is 5.96. The first-order valence-electron chi connectivity index (χ1n) is 8.08. The normalized spacial score (nSPS) is 10.8. The number of hydrogen-bond acceptors (Lipinski definition) is 5. The number of fused-ring (bicyclic) bond motifs is 1. The first-order valence-corrected chi connectivity index (χ1v) is 8.08. The zero-order valence-corrected chi connectivity index (χ0v) is 14.0. The van der Waals surface area contributed by atoms with Crippen LogP contribution in [0, 0.1) is 10.1 Å². The second-order valence-corrected chi connectivity index (χ2v) is 5.58. The van der Waals surface area contributed by atoms with E-state index >= 15 is 0 Å². The number of aromatic nitrogens is 2. The van der Waals surface area contributed by atoms with Crippen molar-refractivity contribution >= 4 is 22.1 Å². The van der Waals surface area contributed by atoms with Crippen LogP contribution in [0.3, 0.4) is 0 Å². The molecule has 0 saturated carbocycles. The van der Waals surface area contributed by atoms with E-state index in [-0.39, 0.29) is 11.2 Å². The summed E-state index contributed by atoms with van der Waals surface area (Å²) < 4.78 is 0. The summed E-state index contributed by atoms with van der Waals surface area (Å²) in [5, 5.41) is 19.2. The largest absolute Gasteiger partial charge is 0.372 e. The number of anilines is 1. The number of nitro groups is 1. The molecule has 0 aliphatic carbocycles. The van der Waals surface area contributed by atoms with Gasteiger partial charge in [-0.25, -0.2) is 5.10 Å². The number of rotatable bonds is 5. The van der Waals surface area contributed by atoms with E-state index in [1.165, 1.54) is 0 Å². The predicted molar refractivity (Wildman–Crippen MR) is 98.0 cm³/mol. The SMILES string of the molecule is CCN(CC)c1ccc(-c2n[nH]c(=O)c3ccccc23)c([N+](=O)[O-])c1. The summed E-state index contributed by atoms with van der Waals surface area (Å²) in [5.41, 5.74) is 1.21. The Balaban J connectivity index is 2.26. The maximum Gasteiger partial charge on any atom is 0.280 e. The molecule has 7 nitrogen and oxygen atoms in total. The molecule has 1 N–H and O–H groups in total. The van der Waals surface area contributed by atoms with E-state index in [9.17, 15) is 14.9 Å². The van der Waals surface area contributed by atoms with Gasteiger partial charge in [0.25, 0.3) is 11.2 Å². The average Bonchev–Trinajstić information content (AvgIpc) is 2.63. The Kier molecular flexibility index (Phi) is 4.47. The molecular weight excluding hydrogens is 320 g/mol. The van der Waals surface area contributed by atoms with Gasteiger partial charge in [0.05, 0.1) is 15.9 Å². The summed E-state index contributed by atoms with van der Waals surface area (Å²) in [4.78, 5) is 25.2. The minimum absolute atomic E-state index is 0.0332. The van der Waals surface area contributed by atoms with Crippen molar-refractivity contribution in [2.75, 3.05) is 18.0 Å². The van der Waals surface area contributed by atoms with E-state index < -0.39 is 4.92 Å². The van der Waals surface area contributed by atoms with Crippen molar-refractivity contribution in [3.05, 3.63) is 62.9 Å². The summed E-state index contributed by atoms with van der Waals surface area (Å²) in [7, 11) is 0. The monoisotopic (exact) mass is 338 g/mol. The quantitative estimate of drug-likeness (QED) is 0.569. The Hall–Kier alpha value is -3.22. The molecule has 0 spiro atoms.